The smallest absolute Gasteiger partial charge is 0.228 e. The monoisotopic (exact) mass is 269 g/mol. The number of hydrogen-bond donors (Lipinski definition) is 1. The van der Waals surface area contributed by atoms with Gasteiger partial charge in [0, 0.05) is 5.69 Å². The molecule has 1 amide bonds. The van der Waals surface area contributed by atoms with Crippen molar-refractivity contribution in [1.82, 2.24) is 0 Å². The fourth-order valence-electron chi connectivity index (χ4n) is 1.98. The molecule has 3 nitrogen and oxygen atoms in total. The normalized spacial score (nSPS) is 10.1. The molecule has 0 heterocycles. The third kappa shape index (κ3) is 4.12. The van der Waals surface area contributed by atoms with Gasteiger partial charge in [0.1, 0.15) is 5.75 Å². The summed E-state index contributed by atoms with van der Waals surface area (Å²) < 4.78 is 5.37. The van der Waals surface area contributed by atoms with Crippen molar-refractivity contribution in [3.05, 3.63) is 59.7 Å². The summed E-state index contributed by atoms with van der Waals surface area (Å²) in [5, 5.41) is 2.90. The van der Waals surface area contributed by atoms with Gasteiger partial charge in [-0.3, -0.25) is 4.79 Å². The second-order valence-electron chi connectivity index (χ2n) is 4.67. The van der Waals surface area contributed by atoms with Crippen LogP contribution in [0.25, 0.3) is 0 Å². The van der Waals surface area contributed by atoms with E-state index in [9.17, 15) is 4.79 Å². The van der Waals surface area contributed by atoms with Crippen molar-refractivity contribution in [2.75, 3.05) is 11.9 Å². The molecule has 0 fully saturated rings. The number of carbonyl (C=O) groups is 1. The van der Waals surface area contributed by atoms with Gasteiger partial charge in [0.05, 0.1) is 13.0 Å². The van der Waals surface area contributed by atoms with E-state index in [1.807, 2.05) is 62.4 Å². The van der Waals surface area contributed by atoms with Crippen LogP contribution in [-0.2, 0) is 11.2 Å². The Morgan fingerprint density at radius 1 is 1.15 bits per heavy atom. The van der Waals surface area contributed by atoms with Crippen LogP contribution in [-0.4, -0.2) is 12.5 Å². The third-order valence-corrected chi connectivity index (χ3v) is 2.90. The fourth-order valence-corrected chi connectivity index (χ4v) is 1.98. The zero-order valence-electron chi connectivity index (χ0n) is 11.8. The molecule has 0 radical (unpaired) electrons. The number of anilines is 1. The van der Waals surface area contributed by atoms with E-state index in [2.05, 4.69) is 5.32 Å². The van der Waals surface area contributed by atoms with Crippen LogP contribution >= 0.6 is 0 Å². The standard InChI is InChI=1S/C17H19NO2/c1-3-20-16-9-7-14(8-10-16)12-17(19)18-15-6-4-5-13(2)11-15/h4-11H,3,12H2,1-2H3,(H,18,19). The Labute approximate surface area is 119 Å². The SMILES string of the molecule is CCOc1ccc(CC(=O)Nc2cccc(C)c2)cc1. The highest BCUT2D eigenvalue weighted by molar-refractivity contribution is 5.92. The molecule has 0 aromatic heterocycles. The molecule has 0 aliphatic carbocycles. The average molecular weight is 269 g/mol. The van der Waals surface area contributed by atoms with Crippen LogP contribution in [0.15, 0.2) is 48.5 Å². The van der Waals surface area contributed by atoms with Crippen LogP contribution in [0.4, 0.5) is 5.69 Å². The van der Waals surface area contributed by atoms with Gasteiger partial charge in [0.25, 0.3) is 0 Å². The first kappa shape index (κ1) is 14.1. The summed E-state index contributed by atoms with van der Waals surface area (Å²) in [5.74, 6) is 0.815. The first-order valence-corrected chi connectivity index (χ1v) is 6.75. The van der Waals surface area contributed by atoms with Crippen molar-refractivity contribution in [2.24, 2.45) is 0 Å². The number of benzene rings is 2. The molecule has 2 rings (SSSR count). The predicted octanol–water partition coefficient (Wildman–Crippen LogP) is 3.57. The van der Waals surface area contributed by atoms with E-state index in [1.54, 1.807) is 0 Å². The third-order valence-electron chi connectivity index (χ3n) is 2.90. The molecule has 3 heteroatoms. The quantitative estimate of drug-likeness (QED) is 0.901. The van der Waals surface area contributed by atoms with E-state index in [0.29, 0.717) is 13.0 Å². The lowest BCUT2D eigenvalue weighted by atomic mass is 10.1. The van der Waals surface area contributed by atoms with Crippen molar-refractivity contribution in [3.63, 3.8) is 0 Å². The Bertz CT molecular complexity index is 576. The van der Waals surface area contributed by atoms with E-state index in [-0.39, 0.29) is 5.91 Å². The summed E-state index contributed by atoms with van der Waals surface area (Å²) in [5.41, 5.74) is 2.93. The molecule has 0 bridgehead atoms. The van der Waals surface area contributed by atoms with Crippen LogP contribution < -0.4 is 10.1 Å². The minimum atomic E-state index is -0.0141. The highest BCUT2D eigenvalue weighted by Gasteiger charge is 2.04. The second-order valence-corrected chi connectivity index (χ2v) is 4.67. The van der Waals surface area contributed by atoms with Gasteiger partial charge in [-0.05, 0) is 49.2 Å². The van der Waals surface area contributed by atoms with Gasteiger partial charge in [-0.15, -0.1) is 0 Å². The topological polar surface area (TPSA) is 38.3 Å². The molecule has 0 saturated carbocycles. The second kappa shape index (κ2) is 6.75. The number of ether oxygens (including phenoxy) is 1. The molecule has 0 atom stereocenters. The van der Waals surface area contributed by atoms with E-state index in [0.717, 1.165) is 22.6 Å². The number of hydrogen-bond acceptors (Lipinski definition) is 2. The van der Waals surface area contributed by atoms with Gasteiger partial charge in [-0.1, -0.05) is 24.3 Å². The Balaban J connectivity index is 1.94. The van der Waals surface area contributed by atoms with Crippen molar-refractivity contribution in [1.29, 1.82) is 0 Å². The van der Waals surface area contributed by atoms with Gasteiger partial charge in [-0.25, -0.2) is 0 Å². The van der Waals surface area contributed by atoms with Gasteiger partial charge < -0.3 is 10.1 Å². The number of rotatable bonds is 5. The van der Waals surface area contributed by atoms with Gasteiger partial charge >= 0.3 is 0 Å². The van der Waals surface area contributed by atoms with Gasteiger partial charge in [0.15, 0.2) is 0 Å². The van der Waals surface area contributed by atoms with Crippen LogP contribution in [0, 0.1) is 6.92 Å². The van der Waals surface area contributed by atoms with Crippen LogP contribution in [0.5, 0.6) is 5.75 Å². The van der Waals surface area contributed by atoms with Crippen LogP contribution in [0.1, 0.15) is 18.1 Å². The van der Waals surface area contributed by atoms with Crippen molar-refractivity contribution in [3.8, 4) is 5.75 Å². The van der Waals surface area contributed by atoms with Gasteiger partial charge in [0.2, 0.25) is 5.91 Å². The lowest BCUT2D eigenvalue weighted by molar-refractivity contribution is -0.115. The van der Waals surface area contributed by atoms with Crippen molar-refractivity contribution < 1.29 is 9.53 Å². The Morgan fingerprint density at radius 2 is 1.90 bits per heavy atom. The lowest BCUT2D eigenvalue weighted by Gasteiger charge is -2.07. The largest absolute Gasteiger partial charge is 0.494 e. The summed E-state index contributed by atoms with van der Waals surface area (Å²) >= 11 is 0. The average Bonchev–Trinajstić information content (AvgIpc) is 2.41. The van der Waals surface area contributed by atoms with Crippen molar-refractivity contribution in [2.45, 2.75) is 20.3 Å². The maximum absolute atomic E-state index is 12.0. The molecule has 20 heavy (non-hydrogen) atoms. The highest BCUT2D eigenvalue weighted by Crippen LogP contribution is 2.14. The molecule has 1 N–H and O–H groups in total. The zero-order valence-corrected chi connectivity index (χ0v) is 11.8. The number of nitrogens with one attached hydrogen (secondary N) is 1. The Hall–Kier alpha value is -2.29. The molecule has 0 saturated heterocycles. The first-order chi connectivity index (χ1) is 9.67. The molecule has 0 aliphatic rings. The molecule has 2 aromatic rings. The summed E-state index contributed by atoms with van der Waals surface area (Å²) in [6.07, 6.45) is 0.361. The van der Waals surface area contributed by atoms with Crippen LogP contribution in [0.3, 0.4) is 0 Å². The van der Waals surface area contributed by atoms with E-state index in [1.165, 1.54) is 0 Å². The number of amides is 1. The Kier molecular flexibility index (Phi) is 4.77. The minimum Gasteiger partial charge on any atom is -0.494 e. The predicted molar refractivity (Wildman–Crippen MR) is 81.1 cm³/mol. The first-order valence-electron chi connectivity index (χ1n) is 6.75. The van der Waals surface area contributed by atoms with Gasteiger partial charge in [-0.2, -0.15) is 0 Å². The molecule has 0 unspecified atom stereocenters. The van der Waals surface area contributed by atoms with E-state index >= 15 is 0 Å². The van der Waals surface area contributed by atoms with E-state index in [4.69, 9.17) is 4.74 Å². The number of aryl methyl sites for hydroxylation is 1. The molecule has 0 aliphatic heterocycles. The molecular weight excluding hydrogens is 250 g/mol. The minimum absolute atomic E-state index is 0.0141. The molecule has 104 valence electrons. The molecule has 0 spiro atoms. The maximum Gasteiger partial charge on any atom is 0.228 e. The summed E-state index contributed by atoms with van der Waals surface area (Å²) in [4.78, 5) is 12.0. The number of carbonyl (C=O) groups excluding carboxylic acids is 1. The molecular formula is C17H19NO2. The zero-order chi connectivity index (χ0) is 14.4. The summed E-state index contributed by atoms with van der Waals surface area (Å²) in [6.45, 7) is 4.60. The maximum atomic E-state index is 12.0. The Morgan fingerprint density at radius 3 is 2.55 bits per heavy atom. The fraction of sp³-hybridized carbons (Fsp3) is 0.235. The van der Waals surface area contributed by atoms with Crippen molar-refractivity contribution >= 4 is 11.6 Å². The lowest BCUT2D eigenvalue weighted by Crippen LogP contribution is -2.14. The highest BCUT2D eigenvalue weighted by atomic mass is 16.5. The van der Waals surface area contributed by atoms with E-state index < -0.39 is 0 Å². The van der Waals surface area contributed by atoms with Crippen LogP contribution in [0.2, 0.25) is 0 Å². The summed E-state index contributed by atoms with van der Waals surface area (Å²) in [6, 6.07) is 15.4. The summed E-state index contributed by atoms with van der Waals surface area (Å²) in [7, 11) is 0. The molecule has 2 aromatic carbocycles.